The van der Waals surface area contributed by atoms with E-state index < -0.39 is 0 Å². The summed E-state index contributed by atoms with van der Waals surface area (Å²) in [6, 6.07) is 6.47. The Morgan fingerprint density at radius 3 is 2.83 bits per heavy atom. The minimum atomic E-state index is 0.584. The molecule has 0 aromatic carbocycles. The maximum Gasteiger partial charge on any atom is 0.191 e. The molecule has 0 fully saturated rings. The molecule has 2 heterocycles. The topological polar surface area (TPSA) is 69.8 Å². The van der Waals surface area contributed by atoms with Crippen LogP contribution in [0.3, 0.4) is 0 Å². The van der Waals surface area contributed by atoms with E-state index in [9.17, 15) is 0 Å². The minimum absolute atomic E-state index is 0.584. The molecule has 0 atom stereocenters. The second kappa shape index (κ2) is 9.22. The second-order valence-corrected chi connectivity index (χ2v) is 6.18. The second-order valence-electron chi connectivity index (χ2n) is 6.18. The zero-order valence-corrected chi connectivity index (χ0v) is 15.2. The highest BCUT2D eigenvalue weighted by Gasteiger charge is 2.06. The average molecular weight is 331 g/mol. The van der Waals surface area contributed by atoms with E-state index in [0.29, 0.717) is 12.6 Å². The van der Waals surface area contributed by atoms with Gasteiger partial charge in [-0.1, -0.05) is 6.07 Å². The SMILES string of the molecule is CN=C(NCCCCN(C)C(C)C)NCc1nnc2ccccn12. The molecule has 0 aliphatic rings. The fourth-order valence-corrected chi connectivity index (χ4v) is 2.35. The number of fused-ring (bicyclic) bond motifs is 1. The first-order chi connectivity index (χ1) is 11.6. The van der Waals surface area contributed by atoms with Gasteiger partial charge in [-0.3, -0.25) is 9.39 Å². The first-order valence-electron chi connectivity index (χ1n) is 8.55. The van der Waals surface area contributed by atoms with Gasteiger partial charge in [-0.25, -0.2) is 0 Å². The van der Waals surface area contributed by atoms with E-state index in [4.69, 9.17) is 0 Å². The zero-order valence-electron chi connectivity index (χ0n) is 15.2. The molecule has 132 valence electrons. The van der Waals surface area contributed by atoms with E-state index in [-0.39, 0.29) is 0 Å². The molecule has 0 aliphatic carbocycles. The quantitative estimate of drug-likeness (QED) is 0.436. The Kier molecular flexibility index (Phi) is 6.99. The summed E-state index contributed by atoms with van der Waals surface area (Å²) in [4.78, 5) is 6.62. The lowest BCUT2D eigenvalue weighted by molar-refractivity contribution is 0.268. The van der Waals surface area contributed by atoms with Gasteiger partial charge < -0.3 is 15.5 Å². The molecule has 24 heavy (non-hydrogen) atoms. The number of unbranched alkanes of at least 4 members (excludes halogenated alkanes) is 1. The van der Waals surface area contributed by atoms with Gasteiger partial charge in [-0.2, -0.15) is 0 Å². The van der Waals surface area contributed by atoms with Crippen molar-refractivity contribution in [3.63, 3.8) is 0 Å². The molecule has 0 aliphatic heterocycles. The molecule has 0 amide bonds. The molecule has 2 aromatic rings. The van der Waals surface area contributed by atoms with Crippen LogP contribution in [0.15, 0.2) is 29.4 Å². The van der Waals surface area contributed by atoms with E-state index in [1.165, 1.54) is 6.42 Å². The highest BCUT2D eigenvalue weighted by Crippen LogP contribution is 2.02. The predicted molar refractivity (Wildman–Crippen MR) is 98.2 cm³/mol. The molecular weight excluding hydrogens is 302 g/mol. The van der Waals surface area contributed by atoms with Crippen LogP contribution in [0.1, 0.15) is 32.5 Å². The lowest BCUT2D eigenvalue weighted by Crippen LogP contribution is -2.38. The predicted octanol–water partition coefficient (Wildman–Crippen LogP) is 1.51. The van der Waals surface area contributed by atoms with Crippen LogP contribution in [0.2, 0.25) is 0 Å². The Bertz CT molecular complexity index is 647. The van der Waals surface area contributed by atoms with E-state index in [0.717, 1.165) is 36.9 Å². The van der Waals surface area contributed by atoms with Crippen LogP contribution in [0.4, 0.5) is 0 Å². The van der Waals surface area contributed by atoms with Crippen molar-refractivity contribution in [2.75, 3.05) is 27.2 Å². The van der Waals surface area contributed by atoms with Crippen LogP contribution in [0.25, 0.3) is 5.65 Å². The van der Waals surface area contributed by atoms with Crippen LogP contribution in [0, 0.1) is 0 Å². The summed E-state index contributed by atoms with van der Waals surface area (Å²) in [7, 11) is 3.95. The molecule has 7 nitrogen and oxygen atoms in total. The molecule has 2 N–H and O–H groups in total. The maximum atomic E-state index is 4.26. The van der Waals surface area contributed by atoms with Crippen molar-refractivity contribution in [3.05, 3.63) is 30.2 Å². The van der Waals surface area contributed by atoms with Gasteiger partial charge in [0.05, 0.1) is 6.54 Å². The molecule has 0 radical (unpaired) electrons. The Hall–Kier alpha value is -2.15. The van der Waals surface area contributed by atoms with Crippen molar-refractivity contribution < 1.29 is 0 Å². The molecule has 2 rings (SSSR count). The maximum absolute atomic E-state index is 4.26. The smallest absolute Gasteiger partial charge is 0.191 e. The van der Waals surface area contributed by atoms with Gasteiger partial charge in [-0.15, -0.1) is 10.2 Å². The van der Waals surface area contributed by atoms with E-state index in [2.05, 4.69) is 51.6 Å². The number of rotatable bonds is 8. The van der Waals surface area contributed by atoms with Crippen molar-refractivity contribution in [1.82, 2.24) is 30.1 Å². The van der Waals surface area contributed by atoms with Crippen molar-refractivity contribution in [2.24, 2.45) is 4.99 Å². The lowest BCUT2D eigenvalue weighted by Gasteiger charge is -2.20. The fourth-order valence-electron chi connectivity index (χ4n) is 2.35. The minimum Gasteiger partial charge on any atom is -0.356 e. The number of nitrogens with zero attached hydrogens (tertiary/aromatic N) is 5. The third kappa shape index (κ3) is 5.19. The summed E-state index contributed by atoms with van der Waals surface area (Å²) in [5.74, 6) is 1.66. The summed E-state index contributed by atoms with van der Waals surface area (Å²) in [5, 5.41) is 15.0. The summed E-state index contributed by atoms with van der Waals surface area (Å²) in [6.07, 6.45) is 4.26. The van der Waals surface area contributed by atoms with Crippen molar-refractivity contribution in [2.45, 2.75) is 39.3 Å². The van der Waals surface area contributed by atoms with E-state index >= 15 is 0 Å². The largest absolute Gasteiger partial charge is 0.356 e. The molecule has 0 unspecified atom stereocenters. The summed E-state index contributed by atoms with van der Waals surface area (Å²) >= 11 is 0. The van der Waals surface area contributed by atoms with Crippen LogP contribution >= 0.6 is 0 Å². The number of guanidine groups is 1. The summed E-state index contributed by atoms with van der Waals surface area (Å²) in [5.41, 5.74) is 0.853. The summed E-state index contributed by atoms with van der Waals surface area (Å²) < 4.78 is 1.97. The Morgan fingerprint density at radius 1 is 1.25 bits per heavy atom. The molecule has 0 saturated heterocycles. The molecular formula is C17H29N7. The van der Waals surface area contributed by atoms with Gasteiger partial charge in [0.2, 0.25) is 0 Å². The number of aliphatic imine (C=N–C) groups is 1. The van der Waals surface area contributed by atoms with Gasteiger partial charge in [-0.05, 0) is 52.4 Å². The Labute approximate surface area is 144 Å². The number of aromatic nitrogens is 3. The van der Waals surface area contributed by atoms with Crippen LogP contribution in [-0.4, -0.2) is 58.7 Å². The van der Waals surface area contributed by atoms with Gasteiger partial charge in [0.1, 0.15) is 0 Å². The van der Waals surface area contributed by atoms with E-state index in [1.807, 2.05) is 28.8 Å². The van der Waals surface area contributed by atoms with Crippen LogP contribution in [-0.2, 0) is 6.54 Å². The number of hydrogen-bond donors (Lipinski definition) is 2. The first kappa shape index (κ1) is 18.2. The zero-order chi connectivity index (χ0) is 17.4. The molecule has 0 bridgehead atoms. The standard InChI is InChI=1S/C17H29N7/c1-14(2)23(4)11-8-6-10-19-17(18-3)20-13-16-22-21-15-9-5-7-12-24(15)16/h5,7,9,12,14H,6,8,10-11,13H2,1-4H3,(H2,18,19,20). The van der Waals surface area contributed by atoms with Crippen molar-refractivity contribution >= 4 is 11.6 Å². The molecule has 2 aromatic heterocycles. The average Bonchev–Trinajstić information content (AvgIpc) is 3.00. The first-order valence-corrected chi connectivity index (χ1v) is 8.55. The third-order valence-corrected chi connectivity index (χ3v) is 4.13. The summed E-state index contributed by atoms with van der Waals surface area (Å²) in [6.45, 7) is 7.06. The van der Waals surface area contributed by atoms with Crippen molar-refractivity contribution in [3.8, 4) is 0 Å². The van der Waals surface area contributed by atoms with Gasteiger partial charge in [0.15, 0.2) is 17.4 Å². The number of nitrogens with one attached hydrogen (secondary N) is 2. The highest BCUT2D eigenvalue weighted by atomic mass is 15.3. The van der Waals surface area contributed by atoms with Crippen LogP contribution < -0.4 is 10.6 Å². The monoisotopic (exact) mass is 331 g/mol. The fraction of sp³-hybridized carbons (Fsp3) is 0.588. The number of hydrogen-bond acceptors (Lipinski definition) is 4. The van der Waals surface area contributed by atoms with Gasteiger partial charge >= 0.3 is 0 Å². The Balaban J connectivity index is 1.71. The number of pyridine rings is 1. The lowest BCUT2D eigenvalue weighted by atomic mass is 10.2. The third-order valence-electron chi connectivity index (χ3n) is 4.13. The Morgan fingerprint density at radius 2 is 2.08 bits per heavy atom. The van der Waals surface area contributed by atoms with Gasteiger partial charge in [0.25, 0.3) is 0 Å². The van der Waals surface area contributed by atoms with Crippen molar-refractivity contribution in [1.29, 1.82) is 0 Å². The van der Waals surface area contributed by atoms with Gasteiger partial charge in [0, 0.05) is 25.8 Å². The van der Waals surface area contributed by atoms with E-state index in [1.54, 1.807) is 7.05 Å². The molecule has 0 saturated carbocycles. The normalized spacial score (nSPS) is 12.3. The highest BCUT2D eigenvalue weighted by molar-refractivity contribution is 5.79. The molecule has 7 heteroatoms. The van der Waals surface area contributed by atoms with Crippen LogP contribution in [0.5, 0.6) is 0 Å². The molecule has 0 spiro atoms.